The number of aryl methyl sites for hydroxylation is 1. The summed E-state index contributed by atoms with van der Waals surface area (Å²) in [6.45, 7) is 5.56. The van der Waals surface area contributed by atoms with Crippen molar-refractivity contribution in [3.63, 3.8) is 0 Å². The molecule has 1 aromatic carbocycles. The van der Waals surface area contributed by atoms with E-state index in [1.54, 1.807) is 13.8 Å². The van der Waals surface area contributed by atoms with E-state index in [1.165, 1.54) is 0 Å². The van der Waals surface area contributed by atoms with Crippen molar-refractivity contribution in [1.29, 1.82) is 0 Å². The van der Waals surface area contributed by atoms with Gasteiger partial charge in [-0.3, -0.25) is 4.79 Å². The zero-order valence-corrected chi connectivity index (χ0v) is 10.2. The van der Waals surface area contributed by atoms with Crippen LogP contribution < -0.4 is 9.47 Å². The van der Waals surface area contributed by atoms with Gasteiger partial charge in [0.05, 0.1) is 5.41 Å². The van der Waals surface area contributed by atoms with Crippen LogP contribution in [0.1, 0.15) is 25.0 Å². The highest BCUT2D eigenvalue weighted by atomic mass is 16.7. The molecule has 0 unspecified atom stereocenters. The molecule has 0 saturated carbocycles. The van der Waals surface area contributed by atoms with Gasteiger partial charge in [0.15, 0.2) is 11.5 Å². The molecule has 1 aliphatic rings. The van der Waals surface area contributed by atoms with Crippen LogP contribution in [0.25, 0.3) is 0 Å². The molecule has 1 aromatic rings. The number of carbonyl (C=O) groups is 1. The van der Waals surface area contributed by atoms with Crippen molar-refractivity contribution in [3.05, 3.63) is 23.3 Å². The second-order valence-corrected chi connectivity index (χ2v) is 4.97. The van der Waals surface area contributed by atoms with Crippen LogP contribution in [0.2, 0.25) is 0 Å². The van der Waals surface area contributed by atoms with E-state index in [0.717, 1.165) is 16.9 Å². The second-order valence-electron chi connectivity index (χ2n) is 4.97. The topological polar surface area (TPSA) is 55.8 Å². The molecule has 0 atom stereocenters. The standard InChI is InChI=1S/C13H16O4/c1-8-4-5-9(6-13(2,3)12(14)15)11-10(8)16-7-17-11/h4-5H,6-7H2,1-3H3,(H,14,15). The molecule has 4 nitrogen and oxygen atoms in total. The van der Waals surface area contributed by atoms with Crippen molar-refractivity contribution in [2.24, 2.45) is 5.41 Å². The average Bonchev–Trinajstić information content (AvgIpc) is 2.71. The molecule has 4 heteroatoms. The smallest absolute Gasteiger partial charge is 0.309 e. The second kappa shape index (κ2) is 3.95. The monoisotopic (exact) mass is 236 g/mol. The minimum Gasteiger partial charge on any atom is -0.481 e. The third-order valence-corrected chi connectivity index (χ3v) is 3.01. The van der Waals surface area contributed by atoms with Gasteiger partial charge in [-0.1, -0.05) is 12.1 Å². The molecule has 0 aliphatic carbocycles. The van der Waals surface area contributed by atoms with Crippen LogP contribution in [0.3, 0.4) is 0 Å². The number of hydrogen-bond donors (Lipinski definition) is 1. The van der Waals surface area contributed by atoms with E-state index < -0.39 is 11.4 Å². The van der Waals surface area contributed by atoms with Crippen molar-refractivity contribution >= 4 is 5.97 Å². The molecule has 0 radical (unpaired) electrons. The van der Waals surface area contributed by atoms with Gasteiger partial charge in [-0.25, -0.2) is 0 Å². The first-order chi connectivity index (χ1) is 7.92. The lowest BCUT2D eigenvalue weighted by atomic mass is 9.85. The molecule has 1 aliphatic heterocycles. The van der Waals surface area contributed by atoms with Crippen LogP contribution >= 0.6 is 0 Å². The zero-order valence-electron chi connectivity index (χ0n) is 10.2. The van der Waals surface area contributed by atoms with Crippen molar-refractivity contribution in [3.8, 4) is 11.5 Å². The molecule has 0 saturated heterocycles. The largest absolute Gasteiger partial charge is 0.481 e. The number of hydrogen-bond acceptors (Lipinski definition) is 3. The normalized spacial score (nSPS) is 13.8. The van der Waals surface area contributed by atoms with Crippen LogP contribution in [-0.4, -0.2) is 17.9 Å². The average molecular weight is 236 g/mol. The van der Waals surface area contributed by atoms with E-state index in [4.69, 9.17) is 14.6 Å². The summed E-state index contributed by atoms with van der Waals surface area (Å²) in [7, 11) is 0. The van der Waals surface area contributed by atoms with Gasteiger partial charge >= 0.3 is 5.97 Å². The van der Waals surface area contributed by atoms with Gasteiger partial charge in [0.2, 0.25) is 6.79 Å². The first-order valence-corrected chi connectivity index (χ1v) is 5.53. The molecule has 1 heterocycles. The highest BCUT2D eigenvalue weighted by Crippen LogP contribution is 2.40. The molecule has 0 bridgehead atoms. The summed E-state index contributed by atoms with van der Waals surface area (Å²) in [4.78, 5) is 11.1. The minimum atomic E-state index is -0.814. The van der Waals surface area contributed by atoms with E-state index in [-0.39, 0.29) is 6.79 Å². The lowest BCUT2D eigenvalue weighted by Gasteiger charge is -2.20. The van der Waals surface area contributed by atoms with Crippen molar-refractivity contribution in [1.82, 2.24) is 0 Å². The van der Waals surface area contributed by atoms with E-state index >= 15 is 0 Å². The Morgan fingerprint density at radius 2 is 2.00 bits per heavy atom. The van der Waals surface area contributed by atoms with Gasteiger partial charge in [-0.05, 0) is 38.3 Å². The van der Waals surface area contributed by atoms with E-state index in [1.807, 2.05) is 19.1 Å². The molecule has 92 valence electrons. The summed E-state index contributed by atoms with van der Waals surface area (Å²) >= 11 is 0. The third-order valence-electron chi connectivity index (χ3n) is 3.01. The Kier molecular flexibility index (Phi) is 2.73. The van der Waals surface area contributed by atoms with Gasteiger partial charge in [-0.2, -0.15) is 0 Å². The zero-order chi connectivity index (χ0) is 12.6. The lowest BCUT2D eigenvalue weighted by Crippen LogP contribution is -2.26. The molecule has 17 heavy (non-hydrogen) atoms. The first kappa shape index (κ1) is 11.8. The summed E-state index contributed by atoms with van der Waals surface area (Å²) < 4.78 is 10.8. The number of carboxylic acid groups (broad SMARTS) is 1. The number of aliphatic carboxylic acids is 1. The number of carboxylic acids is 1. The van der Waals surface area contributed by atoms with Crippen LogP contribution in [0.15, 0.2) is 12.1 Å². The lowest BCUT2D eigenvalue weighted by molar-refractivity contribution is -0.146. The summed E-state index contributed by atoms with van der Waals surface area (Å²) in [5.74, 6) is 0.619. The predicted octanol–water partition coefficient (Wildman–Crippen LogP) is 2.38. The number of ether oxygens (including phenoxy) is 2. The number of benzene rings is 1. The maximum atomic E-state index is 11.1. The Labute approximate surface area is 100 Å². The van der Waals surface area contributed by atoms with Gasteiger partial charge in [-0.15, -0.1) is 0 Å². The minimum absolute atomic E-state index is 0.209. The SMILES string of the molecule is Cc1ccc(CC(C)(C)C(=O)O)c2c1OCO2. The van der Waals surface area contributed by atoms with Gasteiger partial charge in [0, 0.05) is 0 Å². The fourth-order valence-corrected chi connectivity index (χ4v) is 1.88. The Balaban J connectivity index is 2.35. The Bertz CT molecular complexity index is 463. The van der Waals surface area contributed by atoms with Crippen molar-refractivity contribution in [2.45, 2.75) is 27.2 Å². The van der Waals surface area contributed by atoms with Gasteiger partial charge in [0.1, 0.15) is 0 Å². The summed E-state index contributed by atoms with van der Waals surface area (Å²) in [5, 5.41) is 9.13. The van der Waals surface area contributed by atoms with Crippen LogP contribution in [0.5, 0.6) is 11.5 Å². The van der Waals surface area contributed by atoms with Crippen LogP contribution in [0, 0.1) is 12.3 Å². The molecular weight excluding hydrogens is 220 g/mol. The Morgan fingerprint density at radius 1 is 1.35 bits per heavy atom. The quantitative estimate of drug-likeness (QED) is 0.875. The molecule has 0 spiro atoms. The fourth-order valence-electron chi connectivity index (χ4n) is 1.88. The molecule has 2 rings (SSSR count). The van der Waals surface area contributed by atoms with Crippen LogP contribution in [0.4, 0.5) is 0 Å². The van der Waals surface area contributed by atoms with E-state index in [2.05, 4.69) is 0 Å². The van der Waals surface area contributed by atoms with Crippen LogP contribution in [-0.2, 0) is 11.2 Å². The van der Waals surface area contributed by atoms with Crippen molar-refractivity contribution in [2.75, 3.05) is 6.79 Å². The van der Waals surface area contributed by atoms with Gasteiger partial charge < -0.3 is 14.6 Å². The molecule has 0 aromatic heterocycles. The molecule has 1 N–H and O–H groups in total. The van der Waals surface area contributed by atoms with E-state index in [9.17, 15) is 4.79 Å². The fraction of sp³-hybridized carbons (Fsp3) is 0.462. The first-order valence-electron chi connectivity index (χ1n) is 5.53. The van der Waals surface area contributed by atoms with Crippen molar-refractivity contribution < 1.29 is 19.4 Å². The maximum Gasteiger partial charge on any atom is 0.309 e. The summed E-state index contributed by atoms with van der Waals surface area (Å²) in [6, 6.07) is 3.84. The molecule has 0 amide bonds. The molecule has 0 fully saturated rings. The van der Waals surface area contributed by atoms with E-state index in [0.29, 0.717) is 12.2 Å². The molecular formula is C13H16O4. The highest BCUT2D eigenvalue weighted by Gasteiger charge is 2.30. The Hall–Kier alpha value is -1.71. The predicted molar refractivity (Wildman–Crippen MR) is 62.4 cm³/mol. The van der Waals surface area contributed by atoms with Gasteiger partial charge in [0.25, 0.3) is 0 Å². The summed E-state index contributed by atoms with van der Waals surface area (Å²) in [5.41, 5.74) is 1.08. The summed E-state index contributed by atoms with van der Waals surface area (Å²) in [6.07, 6.45) is 0.425. The Morgan fingerprint density at radius 3 is 2.65 bits per heavy atom. The third kappa shape index (κ3) is 2.07. The maximum absolute atomic E-state index is 11.1. The highest BCUT2D eigenvalue weighted by molar-refractivity contribution is 5.74. The number of rotatable bonds is 3. The number of fused-ring (bicyclic) bond motifs is 1.